The average Bonchev–Trinajstić information content (AvgIpc) is 2.88. The Morgan fingerprint density at radius 3 is 2.85 bits per heavy atom. The molecule has 0 saturated heterocycles. The Labute approximate surface area is 114 Å². The molecule has 0 radical (unpaired) electrons. The number of amides is 1. The molecule has 3 rings (SSSR count). The Balaban J connectivity index is 1.93. The Morgan fingerprint density at radius 2 is 2.05 bits per heavy atom. The molecule has 1 amide bonds. The van der Waals surface area contributed by atoms with Crippen molar-refractivity contribution >= 4 is 11.6 Å². The summed E-state index contributed by atoms with van der Waals surface area (Å²) in [5.41, 5.74) is 11.3. The minimum Gasteiger partial charge on any atom is -0.454 e. The molecule has 0 spiro atoms. The first-order valence-corrected chi connectivity index (χ1v) is 5.76. The third-order valence-corrected chi connectivity index (χ3v) is 2.70. The Bertz CT molecular complexity index is 687. The molecular weight excluding hydrogens is 262 g/mol. The van der Waals surface area contributed by atoms with Gasteiger partial charge in [-0.25, -0.2) is 4.98 Å². The van der Waals surface area contributed by atoms with Gasteiger partial charge in [-0.15, -0.1) is 0 Å². The summed E-state index contributed by atoms with van der Waals surface area (Å²) in [6.07, 6.45) is 1.38. The summed E-state index contributed by atoms with van der Waals surface area (Å²) >= 11 is 0. The van der Waals surface area contributed by atoms with Crippen molar-refractivity contribution in [3.63, 3.8) is 0 Å². The second kappa shape index (κ2) is 4.61. The summed E-state index contributed by atoms with van der Waals surface area (Å²) in [7, 11) is 0. The summed E-state index contributed by atoms with van der Waals surface area (Å²) in [6.45, 7) is 0.172. The maximum Gasteiger partial charge on any atom is 0.254 e. The number of anilines is 1. The van der Waals surface area contributed by atoms with Gasteiger partial charge in [0.25, 0.3) is 5.91 Å². The molecule has 1 aliphatic rings. The fraction of sp³-hybridized carbons (Fsp3) is 0.0769. The lowest BCUT2D eigenvalue weighted by Gasteiger charge is -2.09. The number of carbonyl (C=O) groups excluding carboxylic acids is 1. The first-order chi connectivity index (χ1) is 9.63. The molecule has 2 heterocycles. The van der Waals surface area contributed by atoms with Crippen LogP contribution < -0.4 is 25.7 Å². The highest BCUT2D eigenvalue weighted by molar-refractivity contribution is 5.95. The van der Waals surface area contributed by atoms with E-state index in [-0.39, 0.29) is 18.2 Å². The minimum absolute atomic E-state index is 0.0885. The van der Waals surface area contributed by atoms with E-state index in [0.717, 1.165) is 0 Å². The van der Waals surface area contributed by atoms with Crippen LogP contribution in [-0.2, 0) is 0 Å². The van der Waals surface area contributed by atoms with Gasteiger partial charge in [0.15, 0.2) is 11.5 Å². The third kappa shape index (κ3) is 2.16. The van der Waals surface area contributed by atoms with Gasteiger partial charge in [0.2, 0.25) is 12.7 Å². The molecule has 1 aromatic heterocycles. The van der Waals surface area contributed by atoms with Crippen LogP contribution in [0.4, 0.5) is 5.69 Å². The zero-order valence-electron chi connectivity index (χ0n) is 10.3. The molecule has 102 valence electrons. The van der Waals surface area contributed by atoms with Crippen molar-refractivity contribution in [1.82, 2.24) is 4.98 Å². The van der Waals surface area contributed by atoms with Crippen LogP contribution in [0.2, 0.25) is 0 Å². The van der Waals surface area contributed by atoms with Crippen LogP contribution in [0.5, 0.6) is 23.1 Å². The number of nitrogen functional groups attached to an aromatic ring is 1. The lowest BCUT2D eigenvalue weighted by atomic mass is 10.2. The SMILES string of the molecule is NC(=O)c1cc(N)cnc1Oc1ccc2c(c1)OCO2. The Hall–Kier alpha value is -2.96. The van der Waals surface area contributed by atoms with E-state index in [1.54, 1.807) is 18.2 Å². The van der Waals surface area contributed by atoms with Crippen molar-refractivity contribution < 1.29 is 19.0 Å². The number of primary amides is 1. The molecule has 0 atom stereocenters. The second-order valence-corrected chi connectivity index (χ2v) is 4.10. The molecule has 0 unspecified atom stereocenters. The van der Waals surface area contributed by atoms with Crippen LogP contribution in [0.15, 0.2) is 30.5 Å². The maximum atomic E-state index is 11.4. The third-order valence-electron chi connectivity index (χ3n) is 2.70. The zero-order chi connectivity index (χ0) is 14.1. The van der Waals surface area contributed by atoms with Crippen molar-refractivity contribution in [1.29, 1.82) is 0 Å². The Kier molecular flexibility index (Phi) is 2.79. The molecule has 1 aliphatic heterocycles. The van der Waals surface area contributed by atoms with Crippen molar-refractivity contribution in [2.24, 2.45) is 5.73 Å². The van der Waals surface area contributed by atoms with Gasteiger partial charge < -0.3 is 25.7 Å². The number of nitrogens with zero attached hydrogens (tertiary/aromatic N) is 1. The standard InChI is InChI=1S/C13H11N3O4/c14-7-3-9(12(15)17)13(16-5-7)20-8-1-2-10-11(4-8)19-6-18-10/h1-5H,6,14H2,(H2,15,17). The highest BCUT2D eigenvalue weighted by atomic mass is 16.7. The van der Waals surface area contributed by atoms with Crippen LogP contribution in [-0.4, -0.2) is 17.7 Å². The van der Waals surface area contributed by atoms with Crippen LogP contribution in [0.3, 0.4) is 0 Å². The molecule has 0 bridgehead atoms. The van der Waals surface area contributed by atoms with Gasteiger partial charge in [-0.05, 0) is 18.2 Å². The summed E-state index contributed by atoms with van der Waals surface area (Å²) < 4.78 is 16.0. The van der Waals surface area contributed by atoms with E-state index in [9.17, 15) is 4.79 Å². The first-order valence-electron chi connectivity index (χ1n) is 5.76. The zero-order valence-corrected chi connectivity index (χ0v) is 10.3. The van der Waals surface area contributed by atoms with Crippen LogP contribution in [0.25, 0.3) is 0 Å². The number of hydrogen-bond donors (Lipinski definition) is 2. The van der Waals surface area contributed by atoms with Gasteiger partial charge in [-0.3, -0.25) is 4.79 Å². The molecule has 7 nitrogen and oxygen atoms in total. The predicted octanol–water partition coefficient (Wildman–Crippen LogP) is 1.28. The molecule has 0 aliphatic carbocycles. The van der Waals surface area contributed by atoms with Gasteiger partial charge >= 0.3 is 0 Å². The predicted molar refractivity (Wildman–Crippen MR) is 69.8 cm³/mol. The number of pyridine rings is 1. The number of benzene rings is 1. The lowest BCUT2D eigenvalue weighted by Crippen LogP contribution is -2.13. The number of hydrogen-bond acceptors (Lipinski definition) is 6. The highest BCUT2D eigenvalue weighted by Gasteiger charge is 2.16. The van der Waals surface area contributed by atoms with Crippen LogP contribution in [0, 0.1) is 0 Å². The fourth-order valence-electron chi connectivity index (χ4n) is 1.78. The lowest BCUT2D eigenvalue weighted by molar-refractivity contribution is 0.0997. The first kappa shape index (κ1) is 12.1. The smallest absolute Gasteiger partial charge is 0.254 e. The van der Waals surface area contributed by atoms with E-state index in [0.29, 0.717) is 22.9 Å². The van der Waals surface area contributed by atoms with Crippen LogP contribution >= 0.6 is 0 Å². The van der Waals surface area contributed by atoms with Gasteiger partial charge in [-0.1, -0.05) is 0 Å². The number of aromatic nitrogens is 1. The van der Waals surface area contributed by atoms with Crippen LogP contribution in [0.1, 0.15) is 10.4 Å². The van der Waals surface area contributed by atoms with Crippen molar-refractivity contribution in [2.45, 2.75) is 0 Å². The number of ether oxygens (including phenoxy) is 3. The van der Waals surface area contributed by atoms with Crippen molar-refractivity contribution in [2.75, 3.05) is 12.5 Å². The molecular formula is C13H11N3O4. The van der Waals surface area contributed by atoms with Gasteiger partial charge in [0, 0.05) is 6.07 Å². The molecule has 0 saturated carbocycles. The second-order valence-electron chi connectivity index (χ2n) is 4.10. The van der Waals surface area contributed by atoms with E-state index in [1.807, 2.05) is 0 Å². The monoisotopic (exact) mass is 273 g/mol. The van der Waals surface area contributed by atoms with Gasteiger partial charge in [-0.2, -0.15) is 0 Å². The summed E-state index contributed by atoms with van der Waals surface area (Å²) in [6, 6.07) is 6.44. The van der Waals surface area contributed by atoms with E-state index in [4.69, 9.17) is 25.7 Å². The molecule has 0 fully saturated rings. The molecule has 2 aromatic rings. The topological polar surface area (TPSA) is 110 Å². The largest absolute Gasteiger partial charge is 0.454 e. The number of nitrogens with two attached hydrogens (primary N) is 2. The molecule has 20 heavy (non-hydrogen) atoms. The highest BCUT2D eigenvalue weighted by Crippen LogP contribution is 2.36. The van der Waals surface area contributed by atoms with Crippen molar-refractivity contribution in [3.8, 4) is 23.1 Å². The Morgan fingerprint density at radius 1 is 1.25 bits per heavy atom. The number of rotatable bonds is 3. The van der Waals surface area contributed by atoms with Gasteiger partial charge in [0.05, 0.1) is 11.9 Å². The quantitative estimate of drug-likeness (QED) is 0.871. The normalized spacial score (nSPS) is 12.2. The van der Waals surface area contributed by atoms with E-state index < -0.39 is 5.91 Å². The summed E-state index contributed by atoms with van der Waals surface area (Å²) in [5.74, 6) is 1.08. The minimum atomic E-state index is -0.666. The molecule has 4 N–H and O–H groups in total. The van der Waals surface area contributed by atoms with E-state index in [1.165, 1.54) is 12.3 Å². The number of fused-ring (bicyclic) bond motifs is 1. The molecule has 7 heteroatoms. The fourth-order valence-corrected chi connectivity index (χ4v) is 1.78. The summed E-state index contributed by atoms with van der Waals surface area (Å²) in [5, 5.41) is 0. The average molecular weight is 273 g/mol. The van der Waals surface area contributed by atoms with Crippen molar-refractivity contribution in [3.05, 3.63) is 36.0 Å². The molecule has 1 aromatic carbocycles. The number of carbonyl (C=O) groups is 1. The van der Waals surface area contributed by atoms with E-state index >= 15 is 0 Å². The van der Waals surface area contributed by atoms with E-state index in [2.05, 4.69) is 4.98 Å². The summed E-state index contributed by atoms with van der Waals surface area (Å²) in [4.78, 5) is 15.3. The van der Waals surface area contributed by atoms with Gasteiger partial charge in [0.1, 0.15) is 11.3 Å². The maximum absolute atomic E-state index is 11.4.